The van der Waals surface area contributed by atoms with Crippen molar-refractivity contribution >= 4 is 5.97 Å². The molecule has 1 heterocycles. The smallest absolute Gasteiger partial charge is 0.430 e. The molecule has 2 unspecified atom stereocenters. The second-order valence-electron chi connectivity index (χ2n) is 6.52. The highest BCUT2D eigenvalue weighted by molar-refractivity contribution is 5.75. The Labute approximate surface area is 152 Å². The molecular formula is C18H20F6O3. The minimum Gasteiger partial charge on any atom is -0.464 e. The fourth-order valence-electron chi connectivity index (χ4n) is 2.94. The van der Waals surface area contributed by atoms with E-state index in [2.05, 4.69) is 9.47 Å². The lowest BCUT2D eigenvalue weighted by Gasteiger charge is -2.40. The number of hydrogen-bond acceptors (Lipinski definition) is 3. The molecule has 3 nitrogen and oxygen atoms in total. The van der Waals surface area contributed by atoms with Gasteiger partial charge < -0.3 is 9.47 Å². The molecule has 0 saturated carbocycles. The summed E-state index contributed by atoms with van der Waals surface area (Å²) in [6, 6.07) is 3.96. The number of cyclic esters (lactones) is 1. The van der Waals surface area contributed by atoms with Crippen molar-refractivity contribution in [1.29, 1.82) is 0 Å². The van der Waals surface area contributed by atoms with Gasteiger partial charge in [-0.2, -0.15) is 26.3 Å². The third-order valence-corrected chi connectivity index (χ3v) is 4.73. The van der Waals surface area contributed by atoms with Crippen LogP contribution in [0.4, 0.5) is 26.3 Å². The van der Waals surface area contributed by atoms with Crippen LogP contribution in [0, 0.1) is 0 Å². The highest BCUT2D eigenvalue weighted by atomic mass is 19.4. The number of ether oxygens (including phenoxy) is 2. The standard InChI is InChI=1S/C18H20F6O3/c1-3-11(2)12-6-8-13(9-7-12)16(17(19,20)21,18(22,23)24)27-14-5-4-10-26-15(14)25/h6-9,11,14H,3-5,10H2,1-2H3. The number of alkyl halides is 6. The van der Waals surface area contributed by atoms with Crippen molar-refractivity contribution in [1.82, 2.24) is 0 Å². The molecule has 1 aliphatic rings. The zero-order valence-electron chi connectivity index (χ0n) is 14.8. The van der Waals surface area contributed by atoms with E-state index in [1.807, 2.05) is 13.8 Å². The molecule has 27 heavy (non-hydrogen) atoms. The Morgan fingerprint density at radius 2 is 1.67 bits per heavy atom. The number of hydrogen-bond donors (Lipinski definition) is 0. The topological polar surface area (TPSA) is 35.5 Å². The van der Waals surface area contributed by atoms with Gasteiger partial charge in [0.05, 0.1) is 6.61 Å². The van der Waals surface area contributed by atoms with Crippen molar-refractivity contribution in [3.63, 3.8) is 0 Å². The third-order valence-electron chi connectivity index (χ3n) is 4.73. The normalized spacial score (nSPS) is 20.3. The van der Waals surface area contributed by atoms with Crippen LogP contribution in [-0.2, 0) is 19.9 Å². The molecule has 1 aromatic carbocycles. The number of rotatable bonds is 5. The molecule has 0 spiro atoms. The SMILES string of the molecule is CCC(C)c1ccc(C(OC2CCCOC2=O)(C(F)(F)F)C(F)(F)F)cc1. The Hall–Kier alpha value is -1.77. The second kappa shape index (κ2) is 7.69. The van der Waals surface area contributed by atoms with Gasteiger partial charge in [0.2, 0.25) is 0 Å². The molecule has 0 radical (unpaired) electrons. The van der Waals surface area contributed by atoms with E-state index in [1.165, 1.54) is 12.1 Å². The van der Waals surface area contributed by atoms with E-state index < -0.39 is 35.6 Å². The average molecular weight is 398 g/mol. The molecule has 2 atom stereocenters. The first-order chi connectivity index (χ1) is 12.4. The summed E-state index contributed by atoms with van der Waals surface area (Å²) in [6.07, 6.45) is -13.1. The van der Waals surface area contributed by atoms with Crippen LogP contribution >= 0.6 is 0 Å². The molecule has 9 heteroatoms. The van der Waals surface area contributed by atoms with Crippen LogP contribution in [0.15, 0.2) is 24.3 Å². The molecule has 152 valence electrons. The summed E-state index contributed by atoms with van der Waals surface area (Å²) in [5.41, 5.74) is -5.13. The summed E-state index contributed by atoms with van der Waals surface area (Å²) in [7, 11) is 0. The van der Waals surface area contributed by atoms with Gasteiger partial charge >= 0.3 is 18.3 Å². The van der Waals surface area contributed by atoms with E-state index in [4.69, 9.17) is 0 Å². The number of carbonyl (C=O) groups is 1. The van der Waals surface area contributed by atoms with Crippen LogP contribution < -0.4 is 0 Å². The maximum Gasteiger partial charge on any atom is 0.430 e. The lowest BCUT2D eigenvalue weighted by atomic mass is 9.88. The predicted molar refractivity (Wildman–Crippen MR) is 84.0 cm³/mol. The van der Waals surface area contributed by atoms with Crippen molar-refractivity contribution in [3.05, 3.63) is 35.4 Å². The largest absolute Gasteiger partial charge is 0.464 e. The van der Waals surface area contributed by atoms with Crippen molar-refractivity contribution < 1.29 is 40.6 Å². The van der Waals surface area contributed by atoms with Gasteiger partial charge in [0, 0.05) is 5.56 Å². The van der Waals surface area contributed by atoms with Gasteiger partial charge in [-0.05, 0) is 30.7 Å². The maximum atomic E-state index is 13.8. The first-order valence-electron chi connectivity index (χ1n) is 8.52. The zero-order chi connectivity index (χ0) is 20.5. The number of carbonyl (C=O) groups excluding carboxylic acids is 1. The van der Waals surface area contributed by atoms with Crippen molar-refractivity contribution in [3.8, 4) is 0 Å². The minimum absolute atomic E-state index is 0.0283. The monoisotopic (exact) mass is 398 g/mol. The molecule has 1 saturated heterocycles. The summed E-state index contributed by atoms with van der Waals surface area (Å²) in [5.74, 6) is -1.25. The summed E-state index contributed by atoms with van der Waals surface area (Å²) in [5, 5.41) is 0. The fourth-order valence-corrected chi connectivity index (χ4v) is 2.94. The zero-order valence-corrected chi connectivity index (χ0v) is 14.8. The Bertz CT molecular complexity index is 637. The van der Waals surface area contributed by atoms with Gasteiger partial charge in [-0.3, -0.25) is 0 Å². The van der Waals surface area contributed by atoms with Gasteiger partial charge in [0.25, 0.3) is 5.60 Å². The molecule has 0 aliphatic carbocycles. The molecule has 2 rings (SSSR count). The summed E-state index contributed by atoms with van der Waals surface area (Å²) < 4.78 is 91.7. The van der Waals surface area contributed by atoms with Crippen LogP contribution in [0.1, 0.15) is 50.2 Å². The van der Waals surface area contributed by atoms with E-state index in [9.17, 15) is 31.1 Å². The number of esters is 1. The fraction of sp³-hybridized carbons (Fsp3) is 0.611. The highest BCUT2D eigenvalue weighted by Crippen LogP contribution is 2.54. The first kappa shape index (κ1) is 21.5. The summed E-state index contributed by atoms with van der Waals surface area (Å²) in [4.78, 5) is 11.7. The summed E-state index contributed by atoms with van der Waals surface area (Å²) >= 11 is 0. The van der Waals surface area contributed by atoms with Gasteiger partial charge in [0.1, 0.15) is 0 Å². The second-order valence-corrected chi connectivity index (χ2v) is 6.52. The van der Waals surface area contributed by atoms with Crippen LogP contribution in [0.3, 0.4) is 0 Å². The Balaban J connectivity index is 2.56. The van der Waals surface area contributed by atoms with E-state index in [1.54, 1.807) is 0 Å². The van der Waals surface area contributed by atoms with E-state index in [-0.39, 0.29) is 25.4 Å². The molecule has 0 amide bonds. The van der Waals surface area contributed by atoms with E-state index in [0.717, 1.165) is 12.1 Å². The van der Waals surface area contributed by atoms with Gasteiger partial charge in [-0.25, -0.2) is 4.79 Å². The highest BCUT2D eigenvalue weighted by Gasteiger charge is 2.74. The lowest BCUT2D eigenvalue weighted by Crippen LogP contribution is -2.58. The molecule has 1 fully saturated rings. The molecule has 1 aliphatic heterocycles. The van der Waals surface area contributed by atoms with Crippen LogP contribution in [-0.4, -0.2) is 31.0 Å². The Morgan fingerprint density at radius 3 is 2.11 bits per heavy atom. The van der Waals surface area contributed by atoms with Crippen molar-refractivity contribution in [2.75, 3.05) is 6.61 Å². The Kier molecular flexibility index (Phi) is 6.13. The predicted octanol–water partition coefficient (Wildman–Crippen LogP) is 5.24. The molecule has 0 aromatic heterocycles. The number of benzene rings is 1. The molecule has 0 bridgehead atoms. The molecule has 0 N–H and O–H groups in total. The van der Waals surface area contributed by atoms with E-state index >= 15 is 0 Å². The van der Waals surface area contributed by atoms with Gasteiger partial charge in [0.15, 0.2) is 6.10 Å². The average Bonchev–Trinajstić information content (AvgIpc) is 2.58. The quantitative estimate of drug-likeness (QED) is 0.503. The van der Waals surface area contributed by atoms with Crippen LogP contribution in [0.25, 0.3) is 0 Å². The van der Waals surface area contributed by atoms with Crippen molar-refractivity contribution in [2.45, 2.75) is 63.1 Å². The van der Waals surface area contributed by atoms with Gasteiger partial charge in [-0.15, -0.1) is 0 Å². The van der Waals surface area contributed by atoms with Crippen LogP contribution in [0.5, 0.6) is 0 Å². The minimum atomic E-state index is -5.83. The number of halogens is 6. The Morgan fingerprint density at radius 1 is 1.11 bits per heavy atom. The van der Waals surface area contributed by atoms with Crippen molar-refractivity contribution in [2.24, 2.45) is 0 Å². The van der Waals surface area contributed by atoms with Gasteiger partial charge in [-0.1, -0.05) is 38.1 Å². The summed E-state index contributed by atoms with van der Waals surface area (Å²) in [6.45, 7) is 3.60. The molecular weight excluding hydrogens is 378 g/mol. The van der Waals surface area contributed by atoms with Crippen LogP contribution in [0.2, 0.25) is 0 Å². The first-order valence-corrected chi connectivity index (χ1v) is 8.52. The third kappa shape index (κ3) is 4.07. The van der Waals surface area contributed by atoms with E-state index in [0.29, 0.717) is 12.0 Å². The lowest BCUT2D eigenvalue weighted by molar-refractivity contribution is -0.397. The molecule has 1 aromatic rings. The maximum absolute atomic E-state index is 13.8.